The Morgan fingerprint density at radius 3 is 2.73 bits per heavy atom. The van der Waals surface area contributed by atoms with E-state index in [1.54, 1.807) is 0 Å². The van der Waals surface area contributed by atoms with Crippen LogP contribution in [0.3, 0.4) is 0 Å². The number of nitrogens with one attached hydrogen (secondary N) is 1. The van der Waals surface area contributed by atoms with Gasteiger partial charge in [0.1, 0.15) is 4.99 Å². The van der Waals surface area contributed by atoms with E-state index in [0.717, 1.165) is 18.0 Å². The molecule has 0 aromatic heterocycles. The smallest absolute Gasteiger partial charge is 0.102 e. The quantitative estimate of drug-likeness (QED) is 0.780. The molecular formula is C13H15NS. The highest BCUT2D eigenvalue weighted by atomic mass is 32.1. The number of allylic oxidation sites excluding steroid dienone is 1. The van der Waals surface area contributed by atoms with Crippen LogP contribution in [0.15, 0.2) is 42.0 Å². The standard InChI is InChI=1S/C13H15NS/c15-13(12-8-4-5-9-12)14-10-11-6-2-1-3-7-11/h1-3,6-8H,4-5,9-10H2,(H,14,15). The van der Waals surface area contributed by atoms with Crippen molar-refractivity contribution in [2.45, 2.75) is 25.8 Å². The fraction of sp³-hybridized carbons (Fsp3) is 0.308. The lowest BCUT2D eigenvalue weighted by atomic mass is 10.2. The fourth-order valence-electron chi connectivity index (χ4n) is 1.77. The summed E-state index contributed by atoms with van der Waals surface area (Å²) in [6.07, 6.45) is 5.83. The summed E-state index contributed by atoms with van der Waals surface area (Å²) in [4.78, 5) is 0.927. The molecule has 0 radical (unpaired) electrons. The Balaban J connectivity index is 1.86. The predicted molar refractivity (Wildman–Crippen MR) is 67.8 cm³/mol. The van der Waals surface area contributed by atoms with Gasteiger partial charge >= 0.3 is 0 Å². The van der Waals surface area contributed by atoms with Gasteiger partial charge in [0.25, 0.3) is 0 Å². The molecule has 0 saturated heterocycles. The van der Waals surface area contributed by atoms with Gasteiger partial charge in [-0.05, 0) is 30.4 Å². The molecule has 15 heavy (non-hydrogen) atoms. The highest BCUT2D eigenvalue weighted by Crippen LogP contribution is 2.18. The first-order chi connectivity index (χ1) is 7.36. The molecule has 1 nitrogen and oxygen atoms in total. The summed E-state index contributed by atoms with van der Waals surface area (Å²) in [7, 11) is 0. The second-order valence-electron chi connectivity index (χ2n) is 3.79. The summed E-state index contributed by atoms with van der Waals surface area (Å²) < 4.78 is 0. The average Bonchev–Trinajstić information content (AvgIpc) is 2.81. The Kier molecular flexibility index (Phi) is 3.51. The van der Waals surface area contributed by atoms with Crippen LogP contribution < -0.4 is 5.32 Å². The van der Waals surface area contributed by atoms with E-state index >= 15 is 0 Å². The number of thiocarbonyl (C=S) groups is 1. The zero-order valence-electron chi connectivity index (χ0n) is 8.70. The maximum absolute atomic E-state index is 5.33. The third-order valence-electron chi connectivity index (χ3n) is 2.63. The Labute approximate surface area is 96.2 Å². The van der Waals surface area contributed by atoms with Crippen molar-refractivity contribution in [3.05, 3.63) is 47.5 Å². The molecule has 1 aliphatic rings. The molecule has 0 atom stereocenters. The predicted octanol–water partition coefficient (Wildman–Crippen LogP) is 3.21. The second kappa shape index (κ2) is 5.08. The Bertz CT molecular complexity index is 367. The Morgan fingerprint density at radius 2 is 2.07 bits per heavy atom. The SMILES string of the molecule is S=C(NCc1ccccc1)C1=CCCC1. The van der Waals surface area contributed by atoms with E-state index in [1.165, 1.54) is 24.0 Å². The molecule has 0 saturated carbocycles. The molecule has 1 aromatic carbocycles. The number of benzene rings is 1. The molecule has 0 heterocycles. The molecule has 0 fully saturated rings. The van der Waals surface area contributed by atoms with Crippen molar-refractivity contribution < 1.29 is 0 Å². The van der Waals surface area contributed by atoms with Crippen molar-refractivity contribution in [1.29, 1.82) is 0 Å². The maximum Gasteiger partial charge on any atom is 0.102 e. The lowest BCUT2D eigenvalue weighted by Crippen LogP contribution is -2.21. The van der Waals surface area contributed by atoms with Crippen LogP contribution >= 0.6 is 12.2 Å². The van der Waals surface area contributed by atoms with Gasteiger partial charge in [0.2, 0.25) is 0 Å². The molecule has 1 N–H and O–H groups in total. The minimum Gasteiger partial charge on any atom is -0.372 e. The summed E-state index contributed by atoms with van der Waals surface area (Å²) in [5.41, 5.74) is 2.60. The molecule has 78 valence electrons. The van der Waals surface area contributed by atoms with E-state index in [9.17, 15) is 0 Å². The lowest BCUT2D eigenvalue weighted by Gasteiger charge is -2.08. The molecule has 0 bridgehead atoms. The first-order valence-electron chi connectivity index (χ1n) is 5.37. The Morgan fingerprint density at radius 1 is 1.27 bits per heavy atom. The highest BCUT2D eigenvalue weighted by Gasteiger charge is 2.08. The summed E-state index contributed by atoms with van der Waals surface area (Å²) in [6, 6.07) is 10.3. The van der Waals surface area contributed by atoms with Crippen LogP contribution in [-0.2, 0) is 6.54 Å². The van der Waals surface area contributed by atoms with Gasteiger partial charge in [0.05, 0.1) is 0 Å². The van der Waals surface area contributed by atoms with Crippen molar-refractivity contribution >= 4 is 17.2 Å². The van der Waals surface area contributed by atoms with E-state index in [2.05, 4.69) is 35.7 Å². The van der Waals surface area contributed by atoms with Gasteiger partial charge in [-0.1, -0.05) is 48.6 Å². The number of rotatable bonds is 3. The second-order valence-corrected chi connectivity index (χ2v) is 4.20. The molecule has 1 aromatic rings. The van der Waals surface area contributed by atoms with E-state index in [0.29, 0.717) is 0 Å². The molecule has 1 aliphatic carbocycles. The summed E-state index contributed by atoms with van der Waals surface area (Å²) in [5, 5.41) is 3.30. The van der Waals surface area contributed by atoms with Crippen molar-refractivity contribution in [2.24, 2.45) is 0 Å². The third kappa shape index (κ3) is 2.90. The topological polar surface area (TPSA) is 12.0 Å². The summed E-state index contributed by atoms with van der Waals surface area (Å²) in [6.45, 7) is 0.830. The van der Waals surface area contributed by atoms with Gasteiger partial charge in [0, 0.05) is 6.54 Å². The van der Waals surface area contributed by atoms with Crippen molar-refractivity contribution in [2.75, 3.05) is 0 Å². The van der Waals surface area contributed by atoms with Crippen molar-refractivity contribution in [1.82, 2.24) is 5.32 Å². The van der Waals surface area contributed by atoms with Crippen molar-refractivity contribution in [3.63, 3.8) is 0 Å². The summed E-state index contributed by atoms with van der Waals surface area (Å²) in [5.74, 6) is 0. The van der Waals surface area contributed by atoms with E-state index in [-0.39, 0.29) is 0 Å². The molecular weight excluding hydrogens is 202 g/mol. The number of hydrogen-bond donors (Lipinski definition) is 1. The minimum atomic E-state index is 0.830. The van der Waals surface area contributed by atoms with Crippen LogP contribution in [-0.4, -0.2) is 4.99 Å². The van der Waals surface area contributed by atoms with Crippen LogP contribution in [0.4, 0.5) is 0 Å². The zero-order chi connectivity index (χ0) is 10.5. The molecule has 0 amide bonds. The number of hydrogen-bond acceptors (Lipinski definition) is 1. The van der Waals surface area contributed by atoms with E-state index in [4.69, 9.17) is 12.2 Å². The van der Waals surface area contributed by atoms with Gasteiger partial charge in [0.15, 0.2) is 0 Å². The third-order valence-corrected chi connectivity index (χ3v) is 3.04. The molecule has 0 spiro atoms. The largest absolute Gasteiger partial charge is 0.372 e. The summed E-state index contributed by atoms with van der Waals surface area (Å²) >= 11 is 5.33. The van der Waals surface area contributed by atoms with Crippen LogP contribution in [0.2, 0.25) is 0 Å². The highest BCUT2D eigenvalue weighted by molar-refractivity contribution is 7.80. The monoisotopic (exact) mass is 217 g/mol. The average molecular weight is 217 g/mol. The van der Waals surface area contributed by atoms with Crippen molar-refractivity contribution in [3.8, 4) is 0 Å². The van der Waals surface area contributed by atoms with Crippen LogP contribution in [0.25, 0.3) is 0 Å². The molecule has 2 heteroatoms. The van der Waals surface area contributed by atoms with E-state index in [1.807, 2.05) is 6.07 Å². The van der Waals surface area contributed by atoms with Crippen LogP contribution in [0.1, 0.15) is 24.8 Å². The zero-order valence-corrected chi connectivity index (χ0v) is 9.52. The Hall–Kier alpha value is -1.15. The lowest BCUT2D eigenvalue weighted by molar-refractivity contribution is 0.896. The first-order valence-corrected chi connectivity index (χ1v) is 5.78. The van der Waals surface area contributed by atoms with Crippen LogP contribution in [0.5, 0.6) is 0 Å². The molecule has 0 aliphatic heterocycles. The molecule has 2 rings (SSSR count). The first kappa shape index (κ1) is 10.4. The van der Waals surface area contributed by atoms with Gasteiger partial charge < -0.3 is 5.32 Å². The maximum atomic E-state index is 5.33. The van der Waals surface area contributed by atoms with Gasteiger partial charge in [-0.15, -0.1) is 0 Å². The van der Waals surface area contributed by atoms with Gasteiger partial charge in [-0.2, -0.15) is 0 Å². The minimum absolute atomic E-state index is 0.830. The van der Waals surface area contributed by atoms with Crippen LogP contribution in [0, 0.1) is 0 Å². The van der Waals surface area contributed by atoms with E-state index < -0.39 is 0 Å². The fourth-order valence-corrected chi connectivity index (χ4v) is 2.03. The van der Waals surface area contributed by atoms with Gasteiger partial charge in [-0.25, -0.2) is 0 Å². The normalized spacial score (nSPS) is 14.8. The molecule has 0 unspecified atom stereocenters. The van der Waals surface area contributed by atoms with Gasteiger partial charge in [-0.3, -0.25) is 0 Å².